The smallest absolute Gasteiger partial charge is 0.161 e. The van der Waals surface area contributed by atoms with Gasteiger partial charge in [0.15, 0.2) is 5.58 Å². The first kappa shape index (κ1) is 17.9. The van der Waals surface area contributed by atoms with Crippen LogP contribution in [0.5, 0.6) is 5.75 Å². The van der Waals surface area contributed by atoms with Crippen LogP contribution in [0.3, 0.4) is 0 Å². The second-order valence-electron chi connectivity index (χ2n) is 7.35. The molecule has 1 saturated heterocycles. The molecule has 1 aromatic carbocycles. The van der Waals surface area contributed by atoms with E-state index in [4.69, 9.17) is 9.15 Å². The quantitative estimate of drug-likeness (QED) is 0.466. The number of ether oxygens (including phenoxy) is 1. The first-order chi connectivity index (χ1) is 14.4. The van der Waals surface area contributed by atoms with E-state index in [9.17, 15) is 0 Å². The van der Waals surface area contributed by atoms with Crippen LogP contribution in [0.1, 0.15) is 12.8 Å². The van der Waals surface area contributed by atoms with Crippen LogP contribution in [0.15, 0.2) is 71.5 Å². The van der Waals surface area contributed by atoms with E-state index in [1.165, 1.54) is 25.9 Å². The molecule has 0 saturated carbocycles. The zero-order chi connectivity index (χ0) is 19.5. The highest BCUT2D eigenvalue weighted by Gasteiger charge is 2.13. The van der Waals surface area contributed by atoms with Crippen molar-refractivity contribution >= 4 is 11.1 Å². The molecule has 0 spiro atoms. The maximum Gasteiger partial charge on any atom is 0.161 e. The van der Waals surface area contributed by atoms with Crippen molar-refractivity contribution in [3.63, 3.8) is 0 Å². The third kappa shape index (κ3) is 3.87. The van der Waals surface area contributed by atoms with E-state index in [1.54, 1.807) is 12.4 Å². The fourth-order valence-electron chi connectivity index (χ4n) is 3.84. The number of nitrogens with zero attached hydrogens (tertiary/aromatic N) is 3. The molecule has 4 heterocycles. The number of rotatable bonds is 6. The Morgan fingerprint density at radius 3 is 2.62 bits per heavy atom. The molecule has 29 heavy (non-hydrogen) atoms. The fourth-order valence-corrected chi connectivity index (χ4v) is 3.84. The second-order valence-corrected chi connectivity index (χ2v) is 7.35. The molecule has 0 bridgehead atoms. The summed E-state index contributed by atoms with van der Waals surface area (Å²) >= 11 is 0. The van der Waals surface area contributed by atoms with Gasteiger partial charge in [0.05, 0.1) is 0 Å². The van der Waals surface area contributed by atoms with E-state index in [-0.39, 0.29) is 0 Å². The van der Waals surface area contributed by atoms with Gasteiger partial charge in [0.2, 0.25) is 0 Å². The van der Waals surface area contributed by atoms with Crippen molar-refractivity contribution in [2.75, 3.05) is 26.2 Å². The van der Waals surface area contributed by atoms with Gasteiger partial charge in [-0.3, -0.25) is 14.9 Å². The van der Waals surface area contributed by atoms with Gasteiger partial charge < -0.3 is 9.15 Å². The SMILES string of the molecule is c1cncc(-c2ccnc3cc(-c4ccc(OCCN5CCCC5)cc4)oc23)c1. The molecule has 0 unspecified atom stereocenters. The van der Waals surface area contributed by atoms with Gasteiger partial charge in [0.25, 0.3) is 0 Å². The average molecular weight is 385 g/mol. The van der Waals surface area contributed by atoms with Gasteiger partial charge >= 0.3 is 0 Å². The molecule has 0 atom stereocenters. The van der Waals surface area contributed by atoms with Crippen molar-refractivity contribution in [2.45, 2.75) is 12.8 Å². The molecule has 0 radical (unpaired) electrons. The lowest BCUT2D eigenvalue weighted by molar-refractivity contribution is 0.238. The molecule has 0 N–H and O–H groups in total. The van der Waals surface area contributed by atoms with Gasteiger partial charge in [-0.15, -0.1) is 0 Å². The molecule has 146 valence electrons. The topological polar surface area (TPSA) is 51.4 Å². The van der Waals surface area contributed by atoms with Crippen LogP contribution in [0, 0.1) is 0 Å². The summed E-state index contributed by atoms with van der Waals surface area (Å²) < 4.78 is 12.1. The Hall–Kier alpha value is -3.18. The first-order valence-electron chi connectivity index (χ1n) is 10.1. The summed E-state index contributed by atoms with van der Waals surface area (Å²) in [6.07, 6.45) is 8.03. The van der Waals surface area contributed by atoms with Crippen molar-refractivity contribution in [2.24, 2.45) is 0 Å². The Kier molecular flexibility index (Phi) is 4.97. The molecule has 0 amide bonds. The largest absolute Gasteiger partial charge is 0.492 e. The molecule has 4 aromatic rings. The Balaban J connectivity index is 1.34. The molecule has 1 fully saturated rings. The lowest BCUT2D eigenvalue weighted by Gasteiger charge is -2.14. The molecule has 5 heteroatoms. The minimum atomic E-state index is 0.725. The lowest BCUT2D eigenvalue weighted by atomic mass is 10.1. The van der Waals surface area contributed by atoms with Crippen LogP contribution >= 0.6 is 0 Å². The zero-order valence-electron chi connectivity index (χ0n) is 16.3. The highest BCUT2D eigenvalue weighted by atomic mass is 16.5. The average Bonchev–Trinajstić information content (AvgIpc) is 3.44. The minimum absolute atomic E-state index is 0.725. The van der Waals surface area contributed by atoms with E-state index in [1.807, 2.05) is 54.7 Å². The Bertz CT molecular complexity index is 1080. The van der Waals surface area contributed by atoms with Crippen LogP contribution in [-0.4, -0.2) is 41.1 Å². The monoisotopic (exact) mass is 385 g/mol. The summed E-state index contributed by atoms with van der Waals surface area (Å²) in [4.78, 5) is 11.1. The third-order valence-electron chi connectivity index (χ3n) is 5.40. The van der Waals surface area contributed by atoms with Crippen LogP contribution in [-0.2, 0) is 0 Å². The molecule has 5 nitrogen and oxygen atoms in total. The van der Waals surface area contributed by atoms with Crippen molar-refractivity contribution < 1.29 is 9.15 Å². The summed E-state index contributed by atoms with van der Waals surface area (Å²) in [5.41, 5.74) is 4.64. The number of benzene rings is 1. The molecular formula is C24H23N3O2. The molecular weight excluding hydrogens is 362 g/mol. The molecule has 3 aromatic heterocycles. The highest BCUT2D eigenvalue weighted by molar-refractivity contribution is 5.92. The van der Waals surface area contributed by atoms with Gasteiger partial charge in [0.1, 0.15) is 23.6 Å². The Morgan fingerprint density at radius 1 is 0.966 bits per heavy atom. The second kappa shape index (κ2) is 8.05. The van der Waals surface area contributed by atoms with Gasteiger partial charge in [-0.05, 0) is 62.3 Å². The summed E-state index contributed by atoms with van der Waals surface area (Å²) in [6.45, 7) is 4.11. The Morgan fingerprint density at radius 2 is 1.83 bits per heavy atom. The van der Waals surface area contributed by atoms with E-state index in [0.717, 1.165) is 52.5 Å². The summed E-state index contributed by atoms with van der Waals surface area (Å²) in [7, 11) is 0. The zero-order valence-corrected chi connectivity index (χ0v) is 16.3. The maximum absolute atomic E-state index is 6.19. The molecule has 1 aliphatic rings. The predicted molar refractivity (Wildman–Crippen MR) is 114 cm³/mol. The van der Waals surface area contributed by atoms with Crippen molar-refractivity contribution in [3.8, 4) is 28.2 Å². The normalized spacial score (nSPS) is 14.5. The molecule has 5 rings (SSSR count). The predicted octanol–water partition coefficient (Wildman–Crippen LogP) is 5.03. The number of pyridine rings is 2. The van der Waals surface area contributed by atoms with Gasteiger partial charge in [-0.25, -0.2) is 0 Å². The van der Waals surface area contributed by atoms with Gasteiger partial charge in [0, 0.05) is 47.9 Å². The van der Waals surface area contributed by atoms with Crippen LogP contribution in [0.2, 0.25) is 0 Å². The van der Waals surface area contributed by atoms with Crippen molar-refractivity contribution in [1.82, 2.24) is 14.9 Å². The molecule has 1 aliphatic heterocycles. The number of fused-ring (bicyclic) bond motifs is 1. The Labute approximate surface area is 170 Å². The number of hydrogen-bond donors (Lipinski definition) is 0. The number of likely N-dealkylation sites (tertiary alicyclic amines) is 1. The summed E-state index contributed by atoms with van der Waals surface area (Å²) in [5, 5.41) is 0. The standard InChI is InChI=1S/C24H23N3O2/c1-2-13-27(12-1)14-15-28-20-7-5-18(6-8-20)23-16-22-24(29-23)21(9-11-26-22)19-4-3-10-25-17-19/h3-11,16-17H,1-2,12-15H2. The number of aromatic nitrogens is 2. The highest BCUT2D eigenvalue weighted by Crippen LogP contribution is 2.33. The summed E-state index contributed by atoms with van der Waals surface area (Å²) in [6, 6.07) is 16.0. The maximum atomic E-state index is 6.19. The number of hydrogen-bond acceptors (Lipinski definition) is 5. The van der Waals surface area contributed by atoms with E-state index in [2.05, 4.69) is 14.9 Å². The van der Waals surface area contributed by atoms with Gasteiger partial charge in [-0.2, -0.15) is 0 Å². The third-order valence-corrected chi connectivity index (χ3v) is 5.40. The van der Waals surface area contributed by atoms with Gasteiger partial charge in [-0.1, -0.05) is 6.07 Å². The van der Waals surface area contributed by atoms with Crippen LogP contribution in [0.25, 0.3) is 33.6 Å². The van der Waals surface area contributed by atoms with E-state index < -0.39 is 0 Å². The minimum Gasteiger partial charge on any atom is -0.492 e. The first-order valence-corrected chi connectivity index (χ1v) is 10.1. The van der Waals surface area contributed by atoms with Crippen LogP contribution < -0.4 is 4.74 Å². The van der Waals surface area contributed by atoms with Crippen molar-refractivity contribution in [1.29, 1.82) is 0 Å². The fraction of sp³-hybridized carbons (Fsp3) is 0.250. The summed E-state index contributed by atoms with van der Waals surface area (Å²) in [5.74, 6) is 1.69. The van der Waals surface area contributed by atoms with Crippen LogP contribution in [0.4, 0.5) is 0 Å². The van der Waals surface area contributed by atoms with Crippen molar-refractivity contribution in [3.05, 3.63) is 67.1 Å². The van der Waals surface area contributed by atoms with E-state index in [0.29, 0.717) is 0 Å². The molecule has 0 aliphatic carbocycles. The lowest BCUT2D eigenvalue weighted by Crippen LogP contribution is -2.25. The number of furan rings is 1. The van der Waals surface area contributed by atoms with E-state index >= 15 is 0 Å².